The predicted octanol–water partition coefficient (Wildman–Crippen LogP) is 4.39. The monoisotopic (exact) mass is 281 g/mol. The van der Waals surface area contributed by atoms with Gasteiger partial charge in [0.05, 0.1) is 5.60 Å². The molecule has 2 fully saturated rings. The lowest BCUT2D eigenvalue weighted by atomic mass is 9.64. The number of ether oxygens (including phenoxy) is 1. The number of hydrogen-bond donors (Lipinski definition) is 1. The zero-order chi connectivity index (χ0) is 14.8. The maximum atomic E-state index is 6.15. The largest absolute Gasteiger partial charge is 0.377 e. The molecule has 0 aliphatic heterocycles. The Hall–Kier alpha value is -0.0800. The lowest BCUT2D eigenvalue weighted by Crippen LogP contribution is -2.57. The summed E-state index contributed by atoms with van der Waals surface area (Å²) in [6, 6.07) is 0.534. The highest BCUT2D eigenvalue weighted by Crippen LogP contribution is 2.46. The Morgan fingerprint density at radius 1 is 1.10 bits per heavy atom. The van der Waals surface area contributed by atoms with E-state index in [9.17, 15) is 0 Å². The van der Waals surface area contributed by atoms with Gasteiger partial charge in [-0.3, -0.25) is 0 Å². The number of likely N-dealkylation sites (N-methyl/N-ethyl adjacent to an activating group) is 1. The zero-order valence-electron chi connectivity index (χ0n) is 14.3. The van der Waals surface area contributed by atoms with Crippen LogP contribution in [0.4, 0.5) is 0 Å². The summed E-state index contributed by atoms with van der Waals surface area (Å²) in [5.74, 6) is 1.68. The second kappa shape index (κ2) is 6.36. The van der Waals surface area contributed by atoms with Crippen LogP contribution in [0.15, 0.2) is 0 Å². The van der Waals surface area contributed by atoms with Crippen molar-refractivity contribution < 1.29 is 4.74 Å². The Labute approximate surface area is 126 Å². The molecule has 118 valence electrons. The number of rotatable bonds is 4. The van der Waals surface area contributed by atoms with Gasteiger partial charge < -0.3 is 10.1 Å². The average Bonchev–Trinajstić information content (AvgIpc) is 2.42. The van der Waals surface area contributed by atoms with E-state index in [0.29, 0.717) is 11.5 Å². The third-order valence-electron chi connectivity index (χ3n) is 6.18. The van der Waals surface area contributed by atoms with Crippen LogP contribution in [0, 0.1) is 17.3 Å². The minimum absolute atomic E-state index is 0.0754. The van der Waals surface area contributed by atoms with Gasteiger partial charge in [0.25, 0.3) is 0 Å². The van der Waals surface area contributed by atoms with Gasteiger partial charge in [-0.05, 0) is 62.8 Å². The molecular formula is C18H35NO. The van der Waals surface area contributed by atoms with E-state index in [1.165, 1.54) is 51.4 Å². The summed E-state index contributed by atoms with van der Waals surface area (Å²) >= 11 is 0. The third kappa shape index (κ3) is 3.39. The van der Waals surface area contributed by atoms with Crippen molar-refractivity contribution >= 4 is 0 Å². The molecule has 20 heavy (non-hydrogen) atoms. The summed E-state index contributed by atoms with van der Waals surface area (Å²) in [5, 5.41) is 3.66. The second-order valence-electron chi connectivity index (χ2n) is 8.23. The van der Waals surface area contributed by atoms with Crippen molar-refractivity contribution in [1.29, 1.82) is 0 Å². The van der Waals surface area contributed by atoms with E-state index in [-0.39, 0.29) is 5.60 Å². The summed E-state index contributed by atoms with van der Waals surface area (Å²) in [7, 11) is 4.08. The predicted molar refractivity (Wildman–Crippen MR) is 86.0 cm³/mol. The first-order valence-electron chi connectivity index (χ1n) is 8.65. The van der Waals surface area contributed by atoms with E-state index >= 15 is 0 Å². The van der Waals surface area contributed by atoms with Crippen LogP contribution in [0.3, 0.4) is 0 Å². The van der Waals surface area contributed by atoms with Crippen molar-refractivity contribution in [2.24, 2.45) is 17.3 Å². The van der Waals surface area contributed by atoms with Gasteiger partial charge in [-0.15, -0.1) is 0 Å². The van der Waals surface area contributed by atoms with Crippen LogP contribution >= 0.6 is 0 Å². The van der Waals surface area contributed by atoms with Crippen LogP contribution in [-0.4, -0.2) is 25.8 Å². The molecule has 0 heterocycles. The lowest BCUT2D eigenvalue weighted by Gasteiger charge is -2.50. The van der Waals surface area contributed by atoms with E-state index in [1.54, 1.807) is 0 Å². The highest BCUT2D eigenvalue weighted by atomic mass is 16.5. The first-order chi connectivity index (χ1) is 9.42. The highest BCUT2D eigenvalue weighted by molar-refractivity contribution is 5.01. The first-order valence-corrected chi connectivity index (χ1v) is 8.65. The van der Waals surface area contributed by atoms with E-state index < -0.39 is 0 Å². The van der Waals surface area contributed by atoms with Crippen LogP contribution in [-0.2, 0) is 4.74 Å². The normalized spacial score (nSPS) is 34.6. The summed E-state index contributed by atoms with van der Waals surface area (Å²) in [6.45, 7) is 7.23. The minimum atomic E-state index is 0.0754. The average molecular weight is 281 g/mol. The van der Waals surface area contributed by atoms with Gasteiger partial charge in [0.2, 0.25) is 0 Å². The fourth-order valence-electron chi connectivity index (χ4n) is 4.70. The molecule has 0 radical (unpaired) electrons. The molecule has 1 N–H and O–H groups in total. The van der Waals surface area contributed by atoms with E-state index in [4.69, 9.17) is 4.74 Å². The summed E-state index contributed by atoms with van der Waals surface area (Å²) in [5.41, 5.74) is 0.576. The molecule has 3 atom stereocenters. The molecule has 2 rings (SSSR count). The molecule has 0 saturated heterocycles. The van der Waals surface area contributed by atoms with Crippen molar-refractivity contribution in [3.05, 3.63) is 0 Å². The molecule has 2 saturated carbocycles. The van der Waals surface area contributed by atoms with Crippen LogP contribution in [0.2, 0.25) is 0 Å². The van der Waals surface area contributed by atoms with Crippen molar-refractivity contribution in [3.8, 4) is 0 Å². The maximum absolute atomic E-state index is 6.15. The topological polar surface area (TPSA) is 21.3 Å². The van der Waals surface area contributed by atoms with Gasteiger partial charge >= 0.3 is 0 Å². The summed E-state index contributed by atoms with van der Waals surface area (Å²) in [6.07, 6.45) is 10.6. The molecule has 0 spiro atoms. The van der Waals surface area contributed by atoms with Crippen molar-refractivity contribution in [2.75, 3.05) is 14.2 Å². The molecule has 0 bridgehead atoms. The van der Waals surface area contributed by atoms with Gasteiger partial charge in [-0.25, -0.2) is 0 Å². The summed E-state index contributed by atoms with van der Waals surface area (Å²) < 4.78 is 6.15. The molecule has 0 aromatic heterocycles. The number of nitrogens with one attached hydrogen (secondary N) is 1. The molecule has 3 unspecified atom stereocenters. The molecule has 0 aromatic rings. The number of hydrogen-bond acceptors (Lipinski definition) is 2. The lowest BCUT2D eigenvalue weighted by molar-refractivity contribution is -0.102. The Morgan fingerprint density at radius 3 is 2.25 bits per heavy atom. The molecule has 2 heteroatoms. The fraction of sp³-hybridized carbons (Fsp3) is 1.00. The third-order valence-corrected chi connectivity index (χ3v) is 6.18. The SMILES string of the molecule is CNC(C1CCCC(C)C1)C1(OC)CCC(C)(C)CC1. The smallest absolute Gasteiger partial charge is 0.0833 e. The quantitative estimate of drug-likeness (QED) is 0.825. The molecule has 0 amide bonds. The van der Waals surface area contributed by atoms with Crippen LogP contribution < -0.4 is 5.32 Å². The Bertz CT molecular complexity index is 303. The fourth-order valence-corrected chi connectivity index (χ4v) is 4.70. The van der Waals surface area contributed by atoms with E-state index in [1.807, 2.05) is 7.11 Å². The van der Waals surface area contributed by atoms with Crippen LogP contribution in [0.1, 0.15) is 72.1 Å². The van der Waals surface area contributed by atoms with E-state index in [2.05, 4.69) is 33.1 Å². The highest BCUT2D eigenvalue weighted by Gasteiger charge is 2.46. The van der Waals surface area contributed by atoms with E-state index in [0.717, 1.165) is 11.8 Å². The Morgan fingerprint density at radius 2 is 1.75 bits per heavy atom. The van der Waals surface area contributed by atoms with Crippen molar-refractivity contribution in [3.63, 3.8) is 0 Å². The molecule has 0 aromatic carbocycles. The zero-order valence-corrected chi connectivity index (χ0v) is 14.3. The maximum Gasteiger partial charge on any atom is 0.0833 e. The van der Waals surface area contributed by atoms with Gasteiger partial charge in [-0.2, -0.15) is 0 Å². The first kappa shape index (κ1) is 16.3. The van der Waals surface area contributed by atoms with Crippen molar-refractivity contribution in [1.82, 2.24) is 5.32 Å². The molecule has 2 aliphatic rings. The standard InChI is InChI=1S/C18H35NO/c1-14-7-6-8-15(13-14)16(19-4)18(20-5)11-9-17(2,3)10-12-18/h14-16,19H,6-13H2,1-5H3. The number of methoxy groups -OCH3 is 1. The molecular weight excluding hydrogens is 246 g/mol. The van der Waals surface area contributed by atoms with Crippen LogP contribution in [0.5, 0.6) is 0 Å². The second-order valence-corrected chi connectivity index (χ2v) is 8.23. The molecule has 2 nitrogen and oxygen atoms in total. The molecule has 2 aliphatic carbocycles. The van der Waals surface area contributed by atoms with Gasteiger partial charge in [0, 0.05) is 13.2 Å². The Balaban J connectivity index is 2.11. The van der Waals surface area contributed by atoms with Crippen molar-refractivity contribution in [2.45, 2.75) is 83.8 Å². The minimum Gasteiger partial charge on any atom is -0.377 e. The van der Waals surface area contributed by atoms with Gasteiger partial charge in [-0.1, -0.05) is 33.6 Å². The Kier molecular flexibility index (Phi) is 5.18. The summed E-state index contributed by atoms with van der Waals surface area (Å²) in [4.78, 5) is 0. The van der Waals surface area contributed by atoms with Gasteiger partial charge in [0.1, 0.15) is 0 Å². The van der Waals surface area contributed by atoms with Crippen LogP contribution in [0.25, 0.3) is 0 Å². The van der Waals surface area contributed by atoms with Gasteiger partial charge in [0.15, 0.2) is 0 Å².